The molecule has 0 N–H and O–H groups in total. The van der Waals surface area contributed by atoms with Crippen molar-refractivity contribution in [1.29, 1.82) is 0 Å². The van der Waals surface area contributed by atoms with Gasteiger partial charge in [0.25, 0.3) is 0 Å². The SMILES string of the molecule is [Al+3].[Li+].[Mn+2].[O-2].[O-2]. The molecule has 0 atom stereocenters. The quantitative estimate of drug-likeness (QED) is 0.297. The maximum Gasteiger partial charge on any atom is 3.00 e. The van der Waals surface area contributed by atoms with E-state index < -0.39 is 0 Å². The van der Waals surface area contributed by atoms with E-state index in [1.165, 1.54) is 0 Å². The molecule has 0 aliphatic carbocycles. The first kappa shape index (κ1) is 82.7. The summed E-state index contributed by atoms with van der Waals surface area (Å²) in [6.07, 6.45) is 0. The third-order valence-corrected chi connectivity index (χ3v) is 0. The molecule has 5 heteroatoms. The molecule has 0 amide bonds. The van der Waals surface area contributed by atoms with E-state index in [4.69, 9.17) is 0 Å². The molecule has 0 aliphatic heterocycles. The van der Waals surface area contributed by atoms with Crippen LogP contribution in [0.5, 0.6) is 0 Å². The predicted molar refractivity (Wildman–Crippen MR) is 7.13 cm³/mol. The average molecular weight is 121 g/mol. The second-order valence-electron chi connectivity index (χ2n) is 0. The van der Waals surface area contributed by atoms with Gasteiger partial charge >= 0.3 is 53.3 Å². The fourth-order valence-corrected chi connectivity index (χ4v) is 0. The normalized spacial score (nSPS) is 0. The van der Waals surface area contributed by atoms with Gasteiger partial charge in [0.2, 0.25) is 0 Å². The van der Waals surface area contributed by atoms with Gasteiger partial charge in [-0.1, -0.05) is 0 Å². The van der Waals surface area contributed by atoms with E-state index in [1.54, 1.807) is 0 Å². The van der Waals surface area contributed by atoms with Crippen molar-refractivity contribution in [3.05, 3.63) is 0 Å². The van der Waals surface area contributed by atoms with Crippen LogP contribution in [0.25, 0.3) is 0 Å². The van der Waals surface area contributed by atoms with Gasteiger partial charge in [-0.05, 0) is 0 Å². The molecule has 0 aromatic heterocycles. The summed E-state index contributed by atoms with van der Waals surface area (Å²) in [5.74, 6) is 0. The summed E-state index contributed by atoms with van der Waals surface area (Å²) in [6.45, 7) is 0. The maximum atomic E-state index is 0. The van der Waals surface area contributed by atoms with Crippen LogP contribution in [-0.2, 0) is 28.0 Å². The predicted octanol–water partition coefficient (Wildman–Crippen LogP) is -3.62. The van der Waals surface area contributed by atoms with E-state index in [9.17, 15) is 0 Å². The van der Waals surface area contributed by atoms with Crippen LogP contribution in [0.2, 0.25) is 0 Å². The van der Waals surface area contributed by atoms with Gasteiger partial charge in [0.05, 0.1) is 0 Å². The Kier molecular flexibility index (Phi) is 781. The third kappa shape index (κ3) is 28.8. The molecule has 0 spiro atoms. The second kappa shape index (κ2) is 47.2. The largest absolute Gasteiger partial charge is 3.00 e. The fraction of sp³-hybridized carbons (Fsp3) is 0. The van der Waals surface area contributed by atoms with Gasteiger partial charge in [-0.15, -0.1) is 0 Å². The Morgan fingerprint density at radius 1 is 0.800 bits per heavy atom. The minimum atomic E-state index is 0. The van der Waals surface area contributed by atoms with Crippen LogP contribution in [0.15, 0.2) is 0 Å². The molecule has 0 aromatic rings. The van der Waals surface area contributed by atoms with Crippen LogP contribution in [0.1, 0.15) is 0 Å². The Labute approximate surface area is 64.1 Å². The van der Waals surface area contributed by atoms with E-state index >= 15 is 0 Å². The van der Waals surface area contributed by atoms with Gasteiger partial charge in [0.15, 0.2) is 0 Å². The zero-order chi connectivity index (χ0) is 0. The minimum absolute atomic E-state index is 0. The van der Waals surface area contributed by atoms with E-state index in [-0.39, 0.29) is 64.2 Å². The van der Waals surface area contributed by atoms with Crippen molar-refractivity contribution in [3.8, 4) is 0 Å². The van der Waals surface area contributed by atoms with Crippen molar-refractivity contribution < 1.29 is 46.9 Å². The third-order valence-electron chi connectivity index (χ3n) is 0. The van der Waals surface area contributed by atoms with Gasteiger partial charge in [-0.3, -0.25) is 0 Å². The molecule has 1 radical (unpaired) electrons. The molecule has 0 rings (SSSR count). The number of hydrogen-bond donors (Lipinski definition) is 0. The van der Waals surface area contributed by atoms with Gasteiger partial charge in [-0.2, -0.15) is 0 Å². The molecule has 0 heterocycles. The summed E-state index contributed by atoms with van der Waals surface area (Å²) in [4.78, 5) is 0. The van der Waals surface area contributed by atoms with Crippen molar-refractivity contribution in [3.63, 3.8) is 0 Å². The zero-order valence-corrected chi connectivity index (χ0v) is 5.11. The van der Waals surface area contributed by atoms with Crippen molar-refractivity contribution >= 4 is 17.4 Å². The molecule has 0 aliphatic rings. The van der Waals surface area contributed by atoms with Crippen LogP contribution in [0.3, 0.4) is 0 Å². The van der Waals surface area contributed by atoms with Gasteiger partial charge in [-0.25, -0.2) is 0 Å². The van der Waals surface area contributed by atoms with Gasteiger partial charge < -0.3 is 11.0 Å². The van der Waals surface area contributed by atoms with Crippen LogP contribution >= 0.6 is 0 Å². The summed E-state index contributed by atoms with van der Waals surface area (Å²) in [5, 5.41) is 0. The Balaban J connectivity index is 0. The summed E-state index contributed by atoms with van der Waals surface area (Å²) < 4.78 is 0. The zero-order valence-electron chi connectivity index (χ0n) is 2.77. The first-order valence-corrected chi connectivity index (χ1v) is 0. The van der Waals surface area contributed by atoms with Crippen LogP contribution in [0, 0.1) is 0 Å². The molecule has 0 fully saturated rings. The molecular formula is AlLiMnO2+2. The van der Waals surface area contributed by atoms with Crippen molar-refractivity contribution in [2.75, 3.05) is 0 Å². The average Bonchev–Trinajstić information content (AvgIpc) is 0. The van der Waals surface area contributed by atoms with E-state index in [0.717, 1.165) is 0 Å². The minimum Gasteiger partial charge on any atom is -2.00 e. The molecule has 21 valence electrons. The Morgan fingerprint density at radius 3 is 0.800 bits per heavy atom. The van der Waals surface area contributed by atoms with E-state index in [0.29, 0.717) is 0 Å². The van der Waals surface area contributed by atoms with Crippen molar-refractivity contribution in [2.24, 2.45) is 0 Å². The van der Waals surface area contributed by atoms with Crippen molar-refractivity contribution in [1.82, 2.24) is 0 Å². The first-order valence-electron chi connectivity index (χ1n) is 0. The first-order chi connectivity index (χ1) is 0. The fourth-order valence-electron chi connectivity index (χ4n) is 0. The number of rotatable bonds is 0. The molecular weight excluding hydrogens is 121 g/mol. The standard InChI is InChI=1S/Al.Li.Mn.2O/q+3;+1;+2;2*-2. The van der Waals surface area contributed by atoms with E-state index in [2.05, 4.69) is 0 Å². The Bertz CT molecular complexity index is 9.61. The summed E-state index contributed by atoms with van der Waals surface area (Å²) in [5.41, 5.74) is 0. The molecule has 0 saturated heterocycles. The second-order valence-corrected chi connectivity index (χ2v) is 0. The molecule has 0 saturated carbocycles. The topological polar surface area (TPSA) is 57.0 Å². The molecule has 0 bridgehead atoms. The Morgan fingerprint density at radius 2 is 0.800 bits per heavy atom. The van der Waals surface area contributed by atoms with E-state index in [1.807, 2.05) is 0 Å². The summed E-state index contributed by atoms with van der Waals surface area (Å²) in [7, 11) is 0. The monoisotopic (exact) mass is 121 g/mol. The molecule has 0 unspecified atom stereocenters. The maximum absolute atomic E-state index is 0. The van der Waals surface area contributed by atoms with Crippen molar-refractivity contribution in [2.45, 2.75) is 0 Å². The number of hydrogen-bond acceptors (Lipinski definition) is 0. The molecule has 5 heavy (non-hydrogen) atoms. The van der Waals surface area contributed by atoms with Crippen LogP contribution in [-0.4, -0.2) is 17.4 Å². The molecule has 0 aromatic carbocycles. The van der Waals surface area contributed by atoms with Crippen LogP contribution in [0.4, 0.5) is 0 Å². The van der Waals surface area contributed by atoms with Gasteiger partial charge in [0, 0.05) is 0 Å². The summed E-state index contributed by atoms with van der Waals surface area (Å²) in [6, 6.07) is 0. The molecule has 2 nitrogen and oxygen atoms in total. The summed E-state index contributed by atoms with van der Waals surface area (Å²) >= 11 is 0. The van der Waals surface area contributed by atoms with Crippen LogP contribution < -0.4 is 18.9 Å². The Hall–Kier alpha value is 1.57. The smallest absolute Gasteiger partial charge is 2.00 e. The van der Waals surface area contributed by atoms with Gasteiger partial charge in [0.1, 0.15) is 0 Å².